The van der Waals surface area contributed by atoms with Gasteiger partial charge in [0.25, 0.3) is 0 Å². The fourth-order valence-corrected chi connectivity index (χ4v) is 2.26. The van der Waals surface area contributed by atoms with Crippen LogP contribution in [0.1, 0.15) is 6.92 Å². The molecule has 0 aliphatic rings. The van der Waals surface area contributed by atoms with Crippen molar-refractivity contribution in [1.82, 2.24) is 5.32 Å². The molecule has 0 saturated heterocycles. The van der Waals surface area contributed by atoms with Crippen molar-refractivity contribution in [3.05, 3.63) is 40.3 Å². The molecule has 0 saturated carbocycles. The molecule has 0 aromatic heterocycles. The summed E-state index contributed by atoms with van der Waals surface area (Å²) >= 11 is 10.5. The number of hydrogen-bond acceptors (Lipinski definition) is 2. The largest absolute Gasteiger partial charge is 0.351 e. The Kier molecular flexibility index (Phi) is 6.09. The highest BCUT2D eigenvalue weighted by atomic mass is 79.9. The first-order valence-electron chi connectivity index (χ1n) is 5.02. The molecule has 0 spiro atoms. The lowest BCUT2D eigenvalue weighted by molar-refractivity contribution is -0.120. The summed E-state index contributed by atoms with van der Waals surface area (Å²) in [4.78, 5) is 12.7. The molecule has 0 radical (unpaired) electrons. The first-order valence-corrected chi connectivity index (χ1v) is 7.07. The summed E-state index contributed by atoms with van der Waals surface area (Å²) in [5, 5.41) is 3.33. The Hall–Kier alpha value is -0.450. The number of carbonyl (C=O) groups excluding carboxylic acids is 1. The molecule has 1 N–H and O–H groups in total. The molecule has 5 heteroatoms. The van der Waals surface area contributed by atoms with Gasteiger partial charge >= 0.3 is 0 Å². The zero-order valence-electron chi connectivity index (χ0n) is 9.37. The molecule has 17 heavy (non-hydrogen) atoms. The Balaban J connectivity index is 2.48. The van der Waals surface area contributed by atoms with E-state index in [9.17, 15) is 4.79 Å². The average molecular weight is 335 g/mol. The van der Waals surface area contributed by atoms with E-state index in [1.54, 1.807) is 0 Å². The number of carbonyl (C=O) groups is 1. The van der Waals surface area contributed by atoms with Crippen molar-refractivity contribution in [3.8, 4) is 0 Å². The zero-order chi connectivity index (χ0) is 12.8. The minimum absolute atomic E-state index is 0.00875. The number of halogens is 2. The maximum Gasteiger partial charge on any atom is 0.233 e. The highest BCUT2D eigenvalue weighted by Gasteiger charge is 2.13. The van der Waals surface area contributed by atoms with Gasteiger partial charge in [0.2, 0.25) is 5.91 Å². The van der Waals surface area contributed by atoms with E-state index in [2.05, 4.69) is 27.8 Å². The molecule has 1 amide bonds. The third-order valence-corrected chi connectivity index (χ3v) is 3.59. The van der Waals surface area contributed by atoms with Crippen molar-refractivity contribution in [2.75, 3.05) is 6.54 Å². The molecule has 2 nitrogen and oxygen atoms in total. The minimum Gasteiger partial charge on any atom is -0.351 e. The van der Waals surface area contributed by atoms with E-state index >= 15 is 0 Å². The molecular formula is C12H13BrClNOS. The summed E-state index contributed by atoms with van der Waals surface area (Å²) < 4.78 is 0.759. The highest BCUT2D eigenvalue weighted by Crippen LogP contribution is 2.24. The predicted octanol–water partition coefficient (Wildman–Crippen LogP) is 3.85. The third-order valence-electron chi connectivity index (χ3n) is 1.95. The monoisotopic (exact) mass is 333 g/mol. The summed E-state index contributed by atoms with van der Waals surface area (Å²) in [5.74, 6) is -0.00875. The second-order valence-corrected chi connectivity index (χ2v) is 6.42. The fourth-order valence-electron chi connectivity index (χ4n) is 1.10. The summed E-state index contributed by atoms with van der Waals surface area (Å²) in [7, 11) is 0. The fraction of sp³-hybridized carbons (Fsp3) is 0.250. The number of amides is 1. The molecule has 0 aliphatic carbocycles. The van der Waals surface area contributed by atoms with Crippen LogP contribution in [0.5, 0.6) is 0 Å². The number of hydrogen-bond donors (Lipinski definition) is 1. The van der Waals surface area contributed by atoms with Crippen LogP contribution in [0.25, 0.3) is 0 Å². The second kappa shape index (κ2) is 7.09. The average Bonchev–Trinajstić information content (AvgIpc) is 2.28. The maximum absolute atomic E-state index is 11.7. The number of thioether (sulfide) groups is 1. The van der Waals surface area contributed by atoms with Gasteiger partial charge in [-0.1, -0.05) is 34.1 Å². The van der Waals surface area contributed by atoms with Crippen molar-refractivity contribution in [3.63, 3.8) is 0 Å². The molecule has 1 rings (SSSR count). The van der Waals surface area contributed by atoms with E-state index in [-0.39, 0.29) is 11.2 Å². The van der Waals surface area contributed by atoms with E-state index in [0.717, 1.165) is 9.38 Å². The Morgan fingerprint density at radius 1 is 1.53 bits per heavy atom. The van der Waals surface area contributed by atoms with Crippen molar-refractivity contribution in [1.29, 1.82) is 0 Å². The van der Waals surface area contributed by atoms with E-state index in [1.165, 1.54) is 11.8 Å². The summed E-state index contributed by atoms with van der Waals surface area (Å²) in [6.07, 6.45) is 0. The first kappa shape index (κ1) is 14.6. The standard InChI is InChI=1S/C12H13BrClNOS/c1-8(13)7-15-12(16)9(2)17-11-5-3-10(14)4-6-11/h3-6,9H,1,7H2,2H3,(H,15,16). The third kappa shape index (κ3) is 5.61. The lowest BCUT2D eigenvalue weighted by Gasteiger charge is -2.11. The number of rotatable bonds is 5. The molecule has 1 atom stereocenters. The molecular weight excluding hydrogens is 322 g/mol. The molecule has 1 aromatic carbocycles. The highest BCUT2D eigenvalue weighted by molar-refractivity contribution is 9.11. The van der Waals surface area contributed by atoms with Crippen LogP contribution >= 0.6 is 39.3 Å². The van der Waals surface area contributed by atoms with Crippen LogP contribution in [-0.2, 0) is 4.79 Å². The summed E-state index contributed by atoms with van der Waals surface area (Å²) in [5.41, 5.74) is 0. The number of benzene rings is 1. The van der Waals surface area contributed by atoms with Gasteiger partial charge in [0, 0.05) is 20.9 Å². The van der Waals surface area contributed by atoms with E-state index in [0.29, 0.717) is 11.6 Å². The van der Waals surface area contributed by atoms with Gasteiger partial charge in [-0.3, -0.25) is 4.79 Å². The van der Waals surface area contributed by atoms with Crippen LogP contribution in [0, 0.1) is 0 Å². The molecule has 1 unspecified atom stereocenters. The first-order chi connectivity index (χ1) is 7.99. The van der Waals surface area contributed by atoms with Gasteiger partial charge in [0.1, 0.15) is 0 Å². The summed E-state index contributed by atoms with van der Waals surface area (Å²) in [6, 6.07) is 7.43. The molecule has 92 valence electrons. The van der Waals surface area contributed by atoms with Gasteiger partial charge in [0.15, 0.2) is 0 Å². The van der Waals surface area contributed by atoms with Crippen LogP contribution in [-0.4, -0.2) is 17.7 Å². The SMILES string of the molecule is C=C(Br)CNC(=O)C(C)Sc1ccc(Cl)cc1. The smallest absolute Gasteiger partial charge is 0.233 e. The second-order valence-electron chi connectivity index (χ2n) is 3.45. The van der Waals surface area contributed by atoms with Gasteiger partial charge in [-0.15, -0.1) is 11.8 Å². The number of nitrogens with one attached hydrogen (secondary N) is 1. The molecule has 1 aromatic rings. The quantitative estimate of drug-likeness (QED) is 0.829. The Morgan fingerprint density at radius 3 is 2.65 bits per heavy atom. The Morgan fingerprint density at radius 2 is 2.12 bits per heavy atom. The van der Waals surface area contributed by atoms with E-state index in [1.807, 2.05) is 31.2 Å². The lowest BCUT2D eigenvalue weighted by Crippen LogP contribution is -2.31. The van der Waals surface area contributed by atoms with Crippen molar-refractivity contribution >= 4 is 45.2 Å². The predicted molar refractivity (Wildman–Crippen MR) is 77.8 cm³/mol. The topological polar surface area (TPSA) is 29.1 Å². The van der Waals surface area contributed by atoms with Crippen LogP contribution in [0.2, 0.25) is 5.02 Å². The van der Waals surface area contributed by atoms with Crippen molar-refractivity contribution in [2.45, 2.75) is 17.1 Å². The normalized spacial score (nSPS) is 11.9. The maximum atomic E-state index is 11.7. The van der Waals surface area contributed by atoms with E-state index < -0.39 is 0 Å². The zero-order valence-corrected chi connectivity index (χ0v) is 12.5. The molecule has 0 fully saturated rings. The van der Waals surface area contributed by atoms with Crippen molar-refractivity contribution < 1.29 is 4.79 Å². The minimum atomic E-state index is -0.150. The lowest BCUT2D eigenvalue weighted by atomic mass is 10.4. The van der Waals surface area contributed by atoms with Crippen LogP contribution in [0.4, 0.5) is 0 Å². The van der Waals surface area contributed by atoms with Gasteiger partial charge in [-0.2, -0.15) is 0 Å². The van der Waals surface area contributed by atoms with E-state index in [4.69, 9.17) is 11.6 Å². The van der Waals surface area contributed by atoms with Gasteiger partial charge in [-0.25, -0.2) is 0 Å². The van der Waals surface area contributed by atoms with Gasteiger partial charge in [-0.05, 0) is 31.2 Å². The molecule has 0 bridgehead atoms. The van der Waals surface area contributed by atoms with Gasteiger partial charge in [0.05, 0.1) is 5.25 Å². The molecule has 0 heterocycles. The van der Waals surface area contributed by atoms with Crippen LogP contribution in [0.3, 0.4) is 0 Å². The molecule has 0 aliphatic heterocycles. The van der Waals surface area contributed by atoms with Crippen LogP contribution < -0.4 is 5.32 Å². The van der Waals surface area contributed by atoms with Gasteiger partial charge < -0.3 is 5.32 Å². The Labute approximate surface area is 119 Å². The Bertz CT molecular complexity index is 407. The summed E-state index contributed by atoms with van der Waals surface area (Å²) in [6.45, 7) is 5.98. The van der Waals surface area contributed by atoms with Crippen LogP contribution in [0.15, 0.2) is 40.2 Å². The van der Waals surface area contributed by atoms with Crippen molar-refractivity contribution in [2.24, 2.45) is 0 Å².